The summed E-state index contributed by atoms with van der Waals surface area (Å²) in [6, 6.07) is 8.86. The number of fused-ring (bicyclic) bond motifs is 1. The van der Waals surface area contributed by atoms with Crippen molar-refractivity contribution in [3.63, 3.8) is 0 Å². The van der Waals surface area contributed by atoms with Gasteiger partial charge in [0.05, 0.1) is 5.69 Å². The Morgan fingerprint density at radius 3 is 2.95 bits per heavy atom. The molecule has 6 nitrogen and oxygen atoms in total. The number of aliphatic hydroxyl groups is 1. The third-order valence-corrected chi connectivity index (χ3v) is 3.78. The Morgan fingerprint density at radius 1 is 1.45 bits per heavy atom. The zero-order valence-electron chi connectivity index (χ0n) is 11.6. The molecule has 0 aliphatic rings. The minimum Gasteiger partial charge on any atom is -0.459 e. The Balaban J connectivity index is 2.24. The Kier molecular flexibility index (Phi) is 3.71. The van der Waals surface area contributed by atoms with Crippen molar-refractivity contribution in [2.75, 3.05) is 6.26 Å². The molecule has 0 radical (unpaired) electrons. The first-order valence-electron chi connectivity index (χ1n) is 6.38. The molecule has 0 aliphatic carbocycles. The summed E-state index contributed by atoms with van der Waals surface area (Å²) in [4.78, 5) is 18.8. The van der Waals surface area contributed by atoms with Crippen molar-refractivity contribution in [3.8, 4) is 17.3 Å². The van der Waals surface area contributed by atoms with E-state index in [0.717, 1.165) is 5.39 Å². The molecule has 0 bridgehead atoms. The summed E-state index contributed by atoms with van der Waals surface area (Å²) >= 11 is 1.29. The van der Waals surface area contributed by atoms with Crippen molar-refractivity contribution in [2.24, 2.45) is 0 Å². The second-order valence-electron chi connectivity index (χ2n) is 4.53. The van der Waals surface area contributed by atoms with Gasteiger partial charge in [-0.15, -0.1) is 0 Å². The highest BCUT2D eigenvalue weighted by Crippen LogP contribution is 2.27. The number of aromatic nitrogens is 2. The van der Waals surface area contributed by atoms with E-state index in [0.29, 0.717) is 27.8 Å². The van der Waals surface area contributed by atoms with Crippen molar-refractivity contribution >= 4 is 22.7 Å². The van der Waals surface area contributed by atoms with Gasteiger partial charge in [0.25, 0.3) is 5.56 Å². The molecule has 7 heteroatoms. The van der Waals surface area contributed by atoms with Gasteiger partial charge < -0.3 is 14.5 Å². The predicted molar refractivity (Wildman–Crippen MR) is 82.5 cm³/mol. The Labute approximate surface area is 129 Å². The van der Waals surface area contributed by atoms with Crippen LogP contribution in [0.2, 0.25) is 0 Å². The first-order chi connectivity index (χ1) is 10.7. The van der Waals surface area contributed by atoms with E-state index in [2.05, 4.69) is 9.97 Å². The number of hydrogen-bond donors (Lipinski definition) is 2. The van der Waals surface area contributed by atoms with Crippen LogP contribution in [-0.4, -0.2) is 21.3 Å². The summed E-state index contributed by atoms with van der Waals surface area (Å²) < 4.78 is 5.43. The molecule has 0 saturated carbocycles. The summed E-state index contributed by atoms with van der Waals surface area (Å²) in [6.07, 6.45) is 1.79. The zero-order valence-corrected chi connectivity index (χ0v) is 12.4. The van der Waals surface area contributed by atoms with Gasteiger partial charge in [-0.3, -0.25) is 4.79 Å². The van der Waals surface area contributed by atoms with Gasteiger partial charge in [0.2, 0.25) is 0 Å². The van der Waals surface area contributed by atoms with Crippen LogP contribution in [0.5, 0.6) is 0 Å². The normalized spacial score (nSPS) is 10.8. The first-order valence-corrected chi connectivity index (χ1v) is 7.61. The molecule has 0 fully saturated rings. The van der Waals surface area contributed by atoms with Crippen molar-refractivity contribution in [1.82, 2.24) is 9.97 Å². The molecule has 0 atom stereocenters. The molecule has 0 spiro atoms. The Bertz CT molecular complexity index is 953. The van der Waals surface area contributed by atoms with E-state index >= 15 is 0 Å². The lowest BCUT2D eigenvalue weighted by Crippen LogP contribution is -2.14. The summed E-state index contributed by atoms with van der Waals surface area (Å²) in [7, 11) is 0. The van der Waals surface area contributed by atoms with Crippen LogP contribution in [0.3, 0.4) is 0 Å². The maximum absolute atomic E-state index is 12.0. The van der Waals surface area contributed by atoms with Gasteiger partial charge in [0.1, 0.15) is 29.6 Å². The van der Waals surface area contributed by atoms with Crippen LogP contribution >= 0.6 is 11.8 Å². The van der Waals surface area contributed by atoms with Crippen LogP contribution in [-0.2, 0) is 6.61 Å². The van der Waals surface area contributed by atoms with Gasteiger partial charge in [-0.2, -0.15) is 5.26 Å². The van der Waals surface area contributed by atoms with Crippen molar-refractivity contribution in [2.45, 2.75) is 11.8 Å². The van der Waals surface area contributed by atoms with Crippen LogP contribution < -0.4 is 5.56 Å². The second-order valence-corrected chi connectivity index (χ2v) is 5.33. The van der Waals surface area contributed by atoms with E-state index in [1.807, 2.05) is 6.07 Å². The lowest BCUT2D eigenvalue weighted by molar-refractivity contribution is 0.251. The van der Waals surface area contributed by atoms with Crippen molar-refractivity contribution in [3.05, 3.63) is 45.9 Å². The van der Waals surface area contributed by atoms with Crippen LogP contribution in [0, 0.1) is 11.3 Å². The first kappa shape index (κ1) is 14.4. The molecule has 0 aliphatic heterocycles. The lowest BCUT2D eigenvalue weighted by Gasteiger charge is -2.05. The van der Waals surface area contributed by atoms with Crippen LogP contribution in [0.4, 0.5) is 0 Å². The quantitative estimate of drug-likeness (QED) is 0.568. The highest BCUT2D eigenvalue weighted by atomic mass is 32.2. The van der Waals surface area contributed by atoms with Crippen LogP contribution in [0.1, 0.15) is 11.3 Å². The highest BCUT2D eigenvalue weighted by molar-refractivity contribution is 7.98. The molecule has 3 aromatic rings. The molecule has 0 unspecified atom stereocenters. The molecule has 0 amide bonds. The van der Waals surface area contributed by atoms with Gasteiger partial charge in [0.15, 0.2) is 5.16 Å². The fraction of sp³-hybridized carbons (Fsp3) is 0.133. The van der Waals surface area contributed by atoms with Gasteiger partial charge in [-0.05, 0) is 30.5 Å². The maximum atomic E-state index is 12.0. The number of thioether (sulfide) groups is 1. The summed E-state index contributed by atoms with van der Waals surface area (Å²) in [5, 5.41) is 19.5. The number of rotatable bonds is 3. The largest absolute Gasteiger partial charge is 0.459 e. The molecule has 0 saturated heterocycles. The third kappa shape index (κ3) is 2.39. The molecule has 22 heavy (non-hydrogen) atoms. The summed E-state index contributed by atoms with van der Waals surface area (Å²) in [6.45, 7) is -0.187. The summed E-state index contributed by atoms with van der Waals surface area (Å²) in [5.41, 5.74) is 1.13. The van der Waals surface area contributed by atoms with Gasteiger partial charge in [0, 0.05) is 10.9 Å². The van der Waals surface area contributed by atoms with E-state index in [1.165, 1.54) is 11.8 Å². The smallest absolute Gasteiger partial charge is 0.270 e. The summed E-state index contributed by atoms with van der Waals surface area (Å²) in [5.74, 6) is 0.455. The molecular weight excluding hydrogens is 302 g/mol. The minimum atomic E-state index is -0.458. The lowest BCUT2D eigenvalue weighted by atomic mass is 10.1. The predicted octanol–water partition coefficient (Wildman–Crippen LogP) is 2.27. The molecular formula is C15H11N3O3S. The second kappa shape index (κ2) is 5.67. The number of H-pyrrole nitrogens is 1. The third-order valence-electron chi connectivity index (χ3n) is 3.20. The Morgan fingerprint density at radius 2 is 2.27 bits per heavy atom. The van der Waals surface area contributed by atoms with Crippen LogP contribution in [0.25, 0.3) is 22.2 Å². The number of furan rings is 1. The van der Waals surface area contributed by atoms with E-state index in [-0.39, 0.29) is 12.2 Å². The average molecular weight is 313 g/mol. The number of benzene rings is 1. The minimum absolute atomic E-state index is 0.0250. The number of hydrogen-bond acceptors (Lipinski definition) is 6. The van der Waals surface area contributed by atoms with Gasteiger partial charge >= 0.3 is 0 Å². The molecule has 2 N–H and O–H groups in total. The molecule has 2 heterocycles. The number of nitriles is 1. The van der Waals surface area contributed by atoms with Crippen molar-refractivity contribution in [1.29, 1.82) is 5.26 Å². The highest BCUT2D eigenvalue weighted by Gasteiger charge is 2.14. The SMILES string of the molecule is CSc1nc(-c2ccc3oc(CO)cc3c2)c(C#N)c(=O)[nH]1. The van der Waals surface area contributed by atoms with E-state index in [1.54, 1.807) is 30.5 Å². The number of aliphatic hydroxyl groups excluding tert-OH is 1. The molecule has 1 aromatic carbocycles. The standard InChI is InChI=1S/C15H11N3O3S/c1-22-15-17-13(11(6-16)14(20)18-15)8-2-3-12-9(4-8)5-10(7-19)21-12/h2-5,19H,7H2,1H3,(H,17,18,20). The topological polar surface area (TPSA) is 103 Å². The van der Waals surface area contributed by atoms with E-state index < -0.39 is 5.56 Å². The number of nitrogens with one attached hydrogen (secondary N) is 1. The van der Waals surface area contributed by atoms with Crippen molar-refractivity contribution < 1.29 is 9.52 Å². The van der Waals surface area contributed by atoms with E-state index in [9.17, 15) is 10.1 Å². The van der Waals surface area contributed by atoms with Gasteiger partial charge in [-0.25, -0.2) is 4.98 Å². The maximum Gasteiger partial charge on any atom is 0.270 e. The fourth-order valence-electron chi connectivity index (χ4n) is 2.19. The number of nitrogens with zero attached hydrogens (tertiary/aromatic N) is 2. The van der Waals surface area contributed by atoms with E-state index in [4.69, 9.17) is 9.52 Å². The molecule has 2 aromatic heterocycles. The monoisotopic (exact) mass is 313 g/mol. The molecule has 3 rings (SSSR count). The van der Waals surface area contributed by atoms with Gasteiger partial charge in [-0.1, -0.05) is 11.8 Å². The number of aromatic amines is 1. The fourth-order valence-corrected chi connectivity index (χ4v) is 2.56. The Hall–Kier alpha value is -2.56. The molecule has 110 valence electrons. The zero-order chi connectivity index (χ0) is 15.7. The average Bonchev–Trinajstić information content (AvgIpc) is 2.96. The van der Waals surface area contributed by atoms with Crippen LogP contribution in [0.15, 0.2) is 38.6 Å².